The summed E-state index contributed by atoms with van der Waals surface area (Å²) in [5, 5.41) is 10.2. The lowest BCUT2D eigenvalue weighted by Gasteiger charge is -2.08. The second-order valence-electron chi connectivity index (χ2n) is 4.31. The minimum absolute atomic E-state index is 0.333. The average molecular weight is 266 g/mol. The summed E-state index contributed by atoms with van der Waals surface area (Å²) in [6, 6.07) is 15.9. The summed E-state index contributed by atoms with van der Waals surface area (Å²) in [4.78, 5) is 23.2. The zero-order chi connectivity index (χ0) is 14.1. The molecule has 98 valence electrons. The van der Waals surface area contributed by atoms with E-state index in [1.54, 1.807) is 48.5 Å². The molecule has 1 aromatic heterocycles. The molecule has 0 saturated carbocycles. The quantitative estimate of drug-likeness (QED) is 0.773. The van der Waals surface area contributed by atoms with Crippen LogP contribution in [0.3, 0.4) is 0 Å². The van der Waals surface area contributed by atoms with Crippen molar-refractivity contribution < 1.29 is 14.3 Å². The molecule has 3 rings (SSSR count). The summed E-state index contributed by atoms with van der Waals surface area (Å²) in [7, 11) is 0. The van der Waals surface area contributed by atoms with E-state index in [0.717, 1.165) is 0 Å². The predicted octanol–water partition coefficient (Wildman–Crippen LogP) is 3.16. The van der Waals surface area contributed by atoms with Crippen molar-refractivity contribution in [1.82, 2.24) is 0 Å². The van der Waals surface area contributed by atoms with Crippen molar-refractivity contribution in [3.05, 3.63) is 70.8 Å². The molecular weight excluding hydrogens is 256 g/mol. The number of aromatic carboxylic acids is 1. The van der Waals surface area contributed by atoms with Gasteiger partial charge in [-0.05, 0) is 11.6 Å². The third kappa shape index (κ3) is 1.87. The number of rotatable bonds is 2. The van der Waals surface area contributed by atoms with Crippen LogP contribution in [0.25, 0.3) is 21.9 Å². The average Bonchev–Trinajstić information content (AvgIpc) is 2.48. The van der Waals surface area contributed by atoms with Gasteiger partial charge >= 0.3 is 11.6 Å². The molecule has 0 aliphatic rings. The normalized spacial score (nSPS) is 10.6. The second kappa shape index (κ2) is 4.66. The van der Waals surface area contributed by atoms with Gasteiger partial charge in [-0.15, -0.1) is 0 Å². The number of benzene rings is 2. The van der Waals surface area contributed by atoms with Crippen LogP contribution in [0.4, 0.5) is 0 Å². The minimum atomic E-state index is -1.26. The van der Waals surface area contributed by atoms with Crippen molar-refractivity contribution >= 4 is 16.7 Å². The van der Waals surface area contributed by atoms with E-state index < -0.39 is 11.6 Å². The zero-order valence-electron chi connectivity index (χ0n) is 10.4. The lowest BCUT2D eigenvalue weighted by molar-refractivity contribution is 0.0659. The van der Waals surface area contributed by atoms with Crippen molar-refractivity contribution in [1.29, 1.82) is 0 Å². The van der Waals surface area contributed by atoms with Gasteiger partial charge in [-0.3, -0.25) is 0 Å². The molecule has 4 nitrogen and oxygen atoms in total. The molecule has 2 aromatic carbocycles. The Bertz CT molecular complexity index is 847. The topological polar surface area (TPSA) is 67.5 Å². The van der Waals surface area contributed by atoms with E-state index in [1.807, 2.05) is 6.07 Å². The lowest BCUT2D eigenvalue weighted by Crippen LogP contribution is -2.09. The van der Waals surface area contributed by atoms with Crippen LogP contribution in [0.15, 0.2) is 63.8 Å². The molecule has 0 spiro atoms. The van der Waals surface area contributed by atoms with E-state index >= 15 is 0 Å². The van der Waals surface area contributed by atoms with Crippen LogP contribution in [0.1, 0.15) is 10.6 Å². The van der Waals surface area contributed by atoms with E-state index in [1.165, 1.54) is 0 Å². The molecule has 0 saturated heterocycles. The highest BCUT2D eigenvalue weighted by Gasteiger charge is 2.20. The van der Waals surface area contributed by atoms with E-state index in [2.05, 4.69) is 0 Å². The number of carbonyl (C=O) groups is 1. The van der Waals surface area contributed by atoms with Gasteiger partial charge in [-0.25, -0.2) is 9.59 Å². The molecule has 0 fully saturated rings. The first kappa shape index (κ1) is 12.2. The number of hydrogen-bond acceptors (Lipinski definition) is 3. The maximum Gasteiger partial charge on any atom is 0.372 e. The molecule has 0 aliphatic heterocycles. The van der Waals surface area contributed by atoms with Gasteiger partial charge in [-0.1, -0.05) is 48.5 Å². The Balaban J connectivity index is 2.50. The molecule has 3 aromatic rings. The summed E-state index contributed by atoms with van der Waals surface area (Å²) in [6.07, 6.45) is 0. The molecule has 4 heteroatoms. The molecule has 0 atom stereocenters. The Labute approximate surface area is 113 Å². The van der Waals surface area contributed by atoms with Crippen LogP contribution in [0, 0.1) is 0 Å². The molecule has 1 heterocycles. The maximum absolute atomic E-state index is 11.9. The smallest absolute Gasteiger partial charge is 0.372 e. The Morgan fingerprint density at radius 3 is 2.15 bits per heavy atom. The number of carboxylic acids is 1. The maximum atomic E-state index is 11.9. The highest BCUT2D eigenvalue weighted by molar-refractivity contribution is 6.04. The van der Waals surface area contributed by atoms with Gasteiger partial charge in [0, 0.05) is 10.9 Å². The molecule has 0 bridgehead atoms. The van der Waals surface area contributed by atoms with Crippen molar-refractivity contribution in [3.8, 4) is 11.1 Å². The lowest BCUT2D eigenvalue weighted by atomic mass is 9.98. The highest BCUT2D eigenvalue weighted by atomic mass is 16.4. The third-order valence-corrected chi connectivity index (χ3v) is 3.09. The first-order valence-corrected chi connectivity index (χ1v) is 6.03. The Kier molecular flexibility index (Phi) is 2.84. The second-order valence-corrected chi connectivity index (χ2v) is 4.31. The first-order chi connectivity index (χ1) is 9.68. The van der Waals surface area contributed by atoms with Crippen LogP contribution < -0.4 is 5.63 Å². The molecule has 0 aliphatic carbocycles. The summed E-state index contributed by atoms with van der Waals surface area (Å²) in [5.41, 5.74) is 0.482. The van der Waals surface area contributed by atoms with Gasteiger partial charge in [0.2, 0.25) is 5.76 Å². The van der Waals surface area contributed by atoms with Crippen LogP contribution >= 0.6 is 0 Å². The van der Waals surface area contributed by atoms with Crippen LogP contribution in [0.5, 0.6) is 0 Å². The summed E-state index contributed by atoms with van der Waals surface area (Å²) >= 11 is 0. The molecule has 0 unspecified atom stereocenters. The van der Waals surface area contributed by atoms with Crippen LogP contribution in [0.2, 0.25) is 0 Å². The third-order valence-electron chi connectivity index (χ3n) is 3.09. The van der Waals surface area contributed by atoms with Gasteiger partial charge in [-0.2, -0.15) is 0 Å². The van der Waals surface area contributed by atoms with E-state index in [9.17, 15) is 14.7 Å². The number of carboxylic acid groups (broad SMARTS) is 1. The summed E-state index contributed by atoms with van der Waals surface area (Å²) in [5.74, 6) is -1.59. The fraction of sp³-hybridized carbons (Fsp3) is 0. The molecular formula is C16H10O4. The van der Waals surface area contributed by atoms with E-state index in [-0.39, 0.29) is 5.76 Å². The Hall–Kier alpha value is -2.88. The van der Waals surface area contributed by atoms with Crippen LogP contribution in [-0.2, 0) is 0 Å². The van der Waals surface area contributed by atoms with E-state index in [4.69, 9.17) is 4.42 Å². The van der Waals surface area contributed by atoms with Crippen molar-refractivity contribution in [3.63, 3.8) is 0 Å². The summed E-state index contributed by atoms with van der Waals surface area (Å²) < 4.78 is 4.98. The fourth-order valence-corrected chi connectivity index (χ4v) is 2.24. The SMILES string of the molecule is O=C(O)c1oc(=O)c2ccccc2c1-c1ccccc1. The predicted molar refractivity (Wildman–Crippen MR) is 74.9 cm³/mol. The van der Waals surface area contributed by atoms with Gasteiger partial charge in [0.15, 0.2) is 0 Å². The molecule has 0 radical (unpaired) electrons. The largest absolute Gasteiger partial charge is 0.475 e. The van der Waals surface area contributed by atoms with Gasteiger partial charge in [0.05, 0.1) is 5.39 Å². The Morgan fingerprint density at radius 2 is 1.50 bits per heavy atom. The molecule has 20 heavy (non-hydrogen) atoms. The Morgan fingerprint density at radius 1 is 0.900 bits per heavy atom. The number of hydrogen-bond donors (Lipinski definition) is 1. The highest BCUT2D eigenvalue weighted by Crippen LogP contribution is 2.30. The monoisotopic (exact) mass is 266 g/mol. The zero-order valence-corrected chi connectivity index (χ0v) is 10.4. The van der Waals surface area contributed by atoms with Crippen molar-refractivity contribution in [2.45, 2.75) is 0 Å². The van der Waals surface area contributed by atoms with Gasteiger partial charge < -0.3 is 9.52 Å². The fourth-order valence-electron chi connectivity index (χ4n) is 2.24. The molecule has 1 N–H and O–H groups in total. The number of fused-ring (bicyclic) bond motifs is 1. The standard InChI is InChI=1S/C16H10O4/c17-15(18)14-13(10-6-2-1-3-7-10)11-8-4-5-9-12(11)16(19)20-14/h1-9H,(H,17,18). The van der Waals surface area contributed by atoms with Crippen LogP contribution in [-0.4, -0.2) is 11.1 Å². The first-order valence-electron chi connectivity index (χ1n) is 6.03. The van der Waals surface area contributed by atoms with Crippen molar-refractivity contribution in [2.75, 3.05) is 0 Å². The van der Waals surface area contributed by atoms with Gasteiger partial charge in [0.1, 0.15) is 0 Å². The summed E-state index contributed by atoms with van der Waals surface area (Å²) in [6.45, 7) is 0. The van der Waals surface area contributed by atoms with Crippen molar-refractivity contribution in [2.24, 2.45) is 0 Å². The van der Waals surface area contributed by atoms with E-state index in [0.29, 0.717) is 21.9 Å². The molecule has 0 amide bonds. The van der Waals surface area contributed by atoms with Gasteiger partial charge in [0.25, 0.3) is 0 Å². The minimum Gasteiger partial charge on any atom is -0.475 e.